The summed E-state index contributed by atoms with van der Waals surface area (Å²) in [5.74, 6) is 1.93. The molecule has 5 nitrogen and oxygen atoms in total. The molecule has 14 heavy (non-hydrogen) atoms. The van der Waals surface area contributed by atoms with Gasteiger partial charge in [0, 0.05) is 24.8 Å². The van der Waals surface area contributed by atoms with Crippen LogP contribution in [0.3, 0.4) is 0 Å². The number of rotatable bonds is 0. The fourth-order valence-corrected chi connectivity index (χ4v) is 1.32. The Morgan fingerprint density at radius 2 is 1.50 bits per heavy atom. The van der Waals surface area contributed by atoms with Crippen molar-refractivity contribution in [1.82, 2.24) is 19.1 Å². The van der Waals surface area contributed by atoms with E-state index >= 15 is 0 Å². The van der Waals surface area contributed by atoms with Crippen molar-refractivity contribution in [3.8, 4) is 0 Å². The third-order valence-corrected chi connectivity index (χ3v) is 2.11. The van der Waals surface area contributed by atoms with Crippen LogP contribution in [0.15, 0.2) is 24.8 Å². The van der Waals surface area contributed by atoms with Gasteiger partial charge in [0.2, 0.25) is 5.96 Å². The van der Waals surface area contributed by atoms with E-state index in [1.165, 1.54) is 0 Å². The summed E-state index contributed by atoms with van der Waals surface area (Å²) >= 11 is 0. The lowest BCUT2D eigenvalue weighted by atomic mass is 10.6. The predicted molar refractivity (Wildman–Crippen MR) is 52.5 cm³/mol. The highest BCUT2D eigenvalue weighted by molar-refractivity contribution is 5.82. The molecule has 0 aliphatic heterocycles. The molecule has 5 heteroatoms. The lowest BCUT2D eigenvalue weighted by molar-refractivity contribution is 0.904. The second kappa shape index (κ2) is 3.10. The summed E-state index contributed by atoms with van der Waals surface area (Å²) in [7, 11) is 0. The molecule has 2 aromatic rings. The van der Waals surface area contributed by atoms with E-state index in [0.717, 1.165) is 11.6 Å². The Morgan fingerprint density at radius 3 is 1.79 bits per heavy atom. The van der Waals surface area contributed by atoms with Gasteiger partial charge in [0.05, 0.1) is 0 Å². The lowest BCUT2D eigenvalue weighted by Crippen LogP contribution is -2.21. The van der Waals surface area contributed by atoms with Gasteiger partial charge in [-0.05, 0) is 13.8 Å². The number of hydrogen-bond acceptors (Lipinski definition) is 3. The van der Waals surface area contributed by atoms with Gasteiger partial charge < -0.3 is 0 Å². The first kappa shape index (κ1) is 8.68. The molecule has 0 unspecified atom stereocenters. The van der Waals surface area contributed by atoms with Gasteiger partial charge in [0.25, 0.3) is 0 Å². The summed E-state index contributed by atoms with van der Waals surface area (Å²) in [5.41, 5.74) is 0. The van der Waals surface area contributed by atoms with Crippen molar-refractivity contribution in [3.05, 3.63) is 36.4 Å². The van der Waals surface area contributed by atoms with Gasteiger partial charge >= 0.3 is 0 Å². The first-order chi connectivity index (χ1) is 6.70. The molecule has 0 radical (unpaired) electrons. The quantitative estimate of drug-likeness (QED) is 0.497. The smallest absolute Gasteiger partial charge is 0.213 e. The van der Waals surface area contributed by atoms with E-state index < -0.39 is 0 Å². The first-order valence-corrected chi connectivity index (χ1v) is 4.29. The van der Waals surface area contributed by atoms with Gasteiger partial charge in [-0.25, -0.2) is 9.97 Å². The SMILES string of the molecule is Cc1nccn1C(=N)n1ccnc1C. The minimum absolute atomic E-state index is 0.343. The fraction of sp³-hybridized carbons (Fsp3) is 0.222. The molecule has 0 fully saturated rings. The maximum atomic E-state index is 7.93. The maximum Gasteiger partial charge on any atom is 0.213 e. The zero-order valence-corrected chi connectivity index (χ0v) is 8.10. The number of nitrogens with zero attached hydrogens (tertiary/aromatic N) is 4. The summed E-state index contributed by atoms with van der Waals surface area (Å²) in [6.45, 7) is 3.72. The molecular weight excluding hydrogens is 178 g/mol. The highest BCUT2D eigenvalue weighted by Crippen LogP contribution is 2.00. The molecule has 72 valence electrons. The van der Waals surface area contributed by atoms with E-state index in [0.29, 0.717) is 5.96 Å². The van der Waals surface area contributed by atoms with E-state index in [4.69, 9.17) is 5.41 Å². The van der Waals surface area contributed by atoms with Crippen LogP contribution < -0.4 is 0 Å². The zero-order valence-electron chi connectivity index (χ0n) is 8.10. The van der Waals surface area contributed by atoms with Gasteiger partial charge in [-0.3, -0.25) is 14.5 Å². The normalized spacial score (nSPS) is 10.4. The molecular formula is C9H11N5. The zero-order chi connectivity index (χ0) is 10.1. The standard InChI is InChI=1S/C9H11N5/c1-7-11-3-5-13(7)9(10)14-6-4-12-8(14)2/h3-6,10H,1-2H3. The summed E-state index contributed by atoms with van der Waals surface area (Å²) in [5, 5.41) is 7.93. The van der Waals surface area contributed by atoms with E-state index in [2.05, 4.69) is 9.97 Å². The first-order valence-electron chi connectivity index (χ1n) is 4.29. The molecule has 0 aliphatic carbocycles. The minimum atomic E-state index is 0.343. The van der Waals surface area contributed by atoms with Crippen molar-refractivity contribution >= 4 is 5.96 Å². The Hall–Kier alpha value is -1.91. The predicted octanol–water partition coefficient (Wildman–Crippen LogP) is 1.03. The molecule has 1 N–H and O–H groups in total. The van der Waals surface area contributed by atoms with Gasteiger partial charge in [0.1, 0.15) is 11.6 Å². The van der Waals surface area contributed by atoms with E-state index in [9.17, 15) is 0 Å². The third kappa shape index (κ3) is 1.22. The van der Waals surface area contributed by atoms with E-state index in [1.807, 2.05) is 13.8 Å². The van der Waals surface area contributed by atoms with Crippen LogP contribution in [0.1, 0.15) is 11.6 Å². The summed E-state index contributed by atoms with van der Waals surface area (Å²) in [4.78, 5) is 8.13. The van der Waals surface area contributed by atoms with Gasteiger partial charge in [0.15, 0.2) is 0 Å². The molecule has 0 saturated heterocycles. The minimum Gasteiger partial charge on any atom is -0.274 e. The second-order valence-electron chi connectivity index (χ2n) is 3.01. The Labute approximate surface area is 81.5 Å². The monoisotopic (exact) mass is 189 g/mol. The van der Waals surface area contributed by atoms with Crippen LogP contribution in [0.2, 0.25) is 0 Å². The van der Waals surface area contributed by atoms with Gasteiger partial charge in [-0.15, -0.1) is 0 Å². The van der Waals surface area contributed by atoms with Crippen LogP contribution >= 0.6 is 0 Å². The van der Waals surface area contributed by atoms with E-state index in [-0.39, 0.29) is 0 Å². The third-order valence-electron chi connectivity index (χ3n) is 2.11. The molecule has 2 heterocycles. The van der Waals surface area contributed by atoms with Crippen LogP contribution in [0.5, 0.6) is 0 Å². The van der Waals surface area contributed by atoms with E-state index in [1.54, 1.807) is 33.9 Å². The van der Waals surface area contributed by atoms with Crippen LogP contribution in [0.25, 0.3) is 0 Å². The Morgan fingerprint density at radius 1 is 1.07 bits per heavy atom. The highest BCUT2D eigenvalue weighted by Gasteiger charge is 2.07. The van der Waals surface area contributed by atoms with Crippen molar-refractivity contribution in [2.45, 2.75) is 13.8 Å². The molecule has 0 amide bonds. The van der Waals surface area contributed by atoms with Crippen LogP contribution in [0.4, 0.5) is 0 Å². The van der Waals surface area contributed by atoms with Crippen LogP contribution in [-0.2, 0) is 0 Å². The molecule has 0 spiro atoms. The number of aryl methyl sites for hydroxylation is 2. The van der Waals surface area contributed by atoms with Gasteiger partial charge in [-0.1, -0.05) is 0 Å². The van der Waals surface area contributed by atoms with Crippen molar-refractivity contribution in [1.29, 1.82) is 5.41 Å². The van der Waals surface area contributed by atoms with Crippen molar-refractivity contribution in [2.75, 3.05) is 0 Å². The number of hydrogen-bond donors (Lipinski definition) is 1. The molecule has 0 atom stereocenters. The lowest BCUT2D eigenvalue weighted by Gasteiger charge is -2.08. The molecule has 2 rings (SSSR count). The Balaban J connectivity index is 2.44. The Kier molecular flexibility index (Phi) is 1.92. The van der Waals surface area contributed by atoms with Crippen LogP contribution in [0, 0.1) is 19.3 Å². The average Bonchev–Trinajstić information content (AvgIpc) is 2.73. The molecule has 0 aromatic carbocycles. The maximum absolute atomic E-state index is 7.93. The molecule has 0 saturated carbocycles. The van der Waals surface area contributed by atoms with Crippen LogP contribution in [-0.4, -0.2) is 25.1 Å². The number of aromatic nitrogens is 4. The summed E-state index contributed by atoms with van der Waals surface area (Å²) < 4.78 is 3.41. The summed E-state index contributed by atoms with van der Waals surface area (Å²) in [6, 6.07) is 0. The molecule has 2 aromatic heterocycles. The number of nitrogens with one attached hydrogen (secondary N) is 1. The van der Waals surface area contributed by atoms with Crippen molar-refractivity contribution in [2.24, 2.45) is 0 Å². The topological polar surface area (TPSA) is 59.5 Å². The van der Waals surface area contributed by atoms with Crippen molar-refractivity contribution < 1.29 is 0 Å². The average molecular weight is 189 g/mol. The largest absolute Gasteiger partial charge is 0.274 e. The summed E-state index contributed by atoms with van der Waals surface area (Å²) in [6.07, 6.45) is 6.88. The fourth-order valence-electron chi connectivity index (χ4n) is 1.32. The van der Waals surface area contributed by atoms with Crippen molar-refractivity contribution in [3.63, 3.8) is 0 Å². The second-order valence-corrected chi connectivity index (χ2v) is 3.01. The highest BCUT2D eigenvalue weighted by atomic mass is 15.3. The Bertz CT molecular complexity index is 423. The molecule has 0 bridgehead atoms. The molecule has 0 aliphatic rings. The van der Waals surface area contributed by atoms with Gasteiger partial charge in [-0.2, -0.15) is 0 Å². The number of imidazole rings is 2.